The van der Waals surface area contributed by atoms with E-state index in [-0.39, 0.29) is 17.1 Å². The van der Waals surface area contributed by atoms with Gasteiger partial charge in [-0.1, -0.05) is 33.6 Å². The van der Waals surface area contributed by atoms with Crippen LogP contribution >= 0.6 is 0 Å². The molecule has 0 spiro atoms. The number of nitro benzene ring substituents is 1. The van der Waals surface area contributed by atoms with Crippen molar-refractivity contribution in [2.75, 3.05) is 5.32 Å². The van der Waals surface area contributed by atoms with Gasteiger partial charge in [-0.2, -0.15) is 0 Å². The highest BCUT2D eigenvalue weighted by atomic mass is 19.1. The second kappa shape index (κ2) is 6.00. The summed E-state index contributed by atoms with van der Waals surface area (Å²) in [5.41, 5.74) is 0.311. The van der Waals surface area contributed by atoms with Gasteiger partial charge < -0.3 is 5.32 Å². The Morgan fingerprint density at radius 3 is 2.52 bits per heavy atom. The van der Waals surface area contributed by atoms with Crippen LogP contribution < -0.4 is 5.32 Å². The molecule has 2 unspecified atom stereocenters. The summed E-state index contributed by atoms with van der Waals surface area (Å²) in [6.07, 6.45) is 4.50. The molecule has 1 aromatic rings. The molecule has 1 aromatic carbocycles. The van der Waals surface area contributed by atoms with Crippen molar-refractivity contribution in [3.8, 4) is 0 Å². The van der Waals surface area contributed by atoms with Crippen LogP contribution in [-0.4, -0.2) is 11.0 Å². The molecular formula is C16H23FN2O2. The maximum Gasteiger partial charge on any atom is 0.272 e. The van der Waals surface area contributed by atoms with Crippen LogP contribution in [-0.2, 0) is 0 Å². The summed E-state index contributed by atoms with van der Waals surface area (Å²) in [6, 6.07) is 4.02. The number of rotatable bonds is 3. The number of hydrogen-bond acceptors (Lipinski definition) is 3. The maximum atomic E-state index is 14.0. The summed E-state index contributed by atoms with van der Waals surface area (Å²) in [7, 11) is 0. The molecule has 0 amide bonds. The first-order valence-electron chi connectivity index (χ1n) is 7.49. The summed E-state index contributed by atoms with van der Waals surface area (Å²) in [5, 5.41) is 13.9. The van der Waals surface area contributed by atoms with Gasteiger partial charge in [-0.25, -0.2) is 4.39 Å². The van der Waals surface area contributed by atoms with Crippen molar-refractivity contribution in [2.45, 2.75) is 52.5 Å². The lowest BCUT2D eigenvalue weighted by Gasteiger charge is -2.41. The minimum atomic E-state index is -0.578. The predicted octanol–water partition coefficient (Wildman–Crippen LogP) is 4.75. The van der Waals surface area contributed by atoms with E-state index in [1.165, 1.54) is 18.6 Å². The minimum absolute atomic E-state index is 0.162. The van der Waals surface area contributed by atoms with Crippen molar-refractivity contribution < 1.29 is 9.31 Å². The monoisotopic (exact) mass is 294 g/mol. The van der Waals surface area contributed by atoms with Gasteiger partial charge in [0.2, 0.25) is 0 Å². The smallest absolute Gasteiger partial charge is 0.272 e. The fraction of sp³-hybridized carbons (Fsp3) is 0.625. The van der Waals surface area contributed by atoms with Crippen molar-refractivity contribution in [1.82, 2.24) is 0 Å². The zero-order valence-electron chi connectivity index (χ0n) is 12.9. The lowest BCUT2D eigenvalue weighted by molar-refractivity contribution is -0.385. The molecule has 4 nitrogen and oxygen atoms in total. The van der Waals surface area contributed by atoms with Gasteiger partial charge in [-0.15, -0.1) is 0 Å². The lowest BCUT2D eigenvalue weighted by Crippen LogP contribution is -2.40. The number of hydrogen-bond donors (Lipinski definition) is 1. The number of halogens is 1. The van der Waals surface area contributed by atoms with E-state index in [9.17, 15) is 14.5 Å². The fourth-order valence-electron chi connectivity index (χ4n) is 3.27. The van der Waals surface area contributed by atoms with E-state index in [4.69, 9.17) is 0 Å². The highest BCUT2D eigenvalue weighted by Crippen LogP contribution is 2.39. The van der Waals surface area contributed by atoms with Gasteiger partial charge in [0.1, 0.15) is 0 Å². The van der Waals surface area contributed by atoms with Gasteiger partial charge in [-0.05, 0) is 30.2 Å². The highest BCUT2D eigenvalue weighted by Gasteiger charge is 2.34. The molecule has 1 fully saturated rings. The Morgan fingerprint density at radius 2 is 1.95 bits per heavy atom. The molecule has 0 aromatic heterocycles. The number of benzene rings is 1. The van der Waals surface area contributed by atoms with Crippen molar-refractivity contribution in [1.29, 1.82) is 0 Å². The molecule has 1 aliphatic rings. The highest BCUT2D eigenvalue weighted by molar-refractivity contribution is 5.50. The van der Waals surface area contributed by atoms with Gasteiger partial charge >= 0.3 is 0 Å². The topological polar surface area (TPSA) is 55.2 Å². The van der Waals surface area contributed by atoms with E-state index >= 15 is 0 Å². The van der Waals surface area contributed by atoms with Gasteiger partial charge in [0.15, 0.2) is 5.82 Å². The van der Waals surface area contributed by atoms with Gasteiger partial charge in [0, 0.05) is 12.1 Å². The SMILES string of the molecule is CC(C)(C)C1CCCCC1Nc1ccc([N+](=O)[O-])cc1F. The molecule has 21 heavy (non-hydrogen) atoms. The Morgan fingerprint density at radius 1 is 1.29 bits per heavy atom. The number of nitro groups is 1. The average molecular weight is 294 g/mol. The van der Waals surface area contributed by atoms with Crippen molar-refractivity contribution in [3.05, 3.63) is 34.1 Å². The first kappa shape index (κ1) is 15.7. The Bertz CT molecular complexity index is 525. The van der Waals surface area contributed by atoms with Crippen LogP contribution in [0.3, 0.4) is 0 Å². The summed E-state index contributed by atoms with van der Waals surface area (Å²) in [4.78, 5) is 10.1. The molecule has 0 radical (unpaired) electrons. The lowest BCUT2D eigenvalue weighted by atomic mass is 9.69. The van der Waals surface area contributed by atoms with Crippen LogP contribution in [0.15, 0.2) is 18.2 Å². The van der Waals surface area contributed by atoms with E-state index in [2.05, 4.69) is 26.1 Å². The molecule has 0 saturated heterocycles. The molecule has 0 bridgehead atoms. The Labute approximate surface area is 124 Å². The molecule has 1 saturated carbocycles. The maximum absolute atomic E-state index is 14.0. The molecule has 0 heterocycles. The van der Waals surface area contributed by atoms with E-state index < -0.39 is 10.7 Å². The Balaban J connectivity index is 2.18. The summed E-state index contributed by atoms with van der Waals surface area (Å²) in [5.74, 6) is -0.0803. The molecule has 2 atom stereocenters. The zero-order chi connectivity index (χ0) is 15.6. The minimum Gasteiger partial charge on any atom is -0.380 e. The second-order valence-electron chi connectivity index (χ2n) is 6.93. The zero-order valence-corrected chi connectivity index (χ0v) is 12.9. The Kier molecular flexibility index (Phi) is 4.49. The van der Waals surface area contributed by atoms with Crippen molar-refractivity contribution in [3.63, 3.8) is 0 Å². The number of anilines is 1. The van der Waals surface area contributed by atoms with Gasteiger partial charge in [-0.3, -0.25) is 10.1 Å². The van der Waals surface area contributed by atoms with E-state index in [0.717, 1.165) is 25.3 Å². The standard InChI is InChI=1S/C16H23FN2O2/c1-16(2,3)12-6-4-5-7-14(12)18-15-9-8-11(19(20)21)10-13(15)17/h8-10,12,14,18H,4-7H2,1-3H3. The molecule has 0 aliphatic heterocycles. The van der Waals surface area contributed by atoms with Crippen molar-refractivity contribution >= 4 is 11.4 Å². The van der Waals surface area contributed by atoms with Crippen LogP contribution in [0.5, 0.6) is 0 Å². The van der Waals surface area contributed by atoms with E-state index in [0.29, 0.717) is 11.6 Å². The van der Waals surface area contributed by atoms with E-state index in [1.54, 1.807) is 0 Å². The number of nitrogens with zero attached hydrogens (tertiary/aromatic N) is 1. The molecule has 1 N–H and O–H groups in total. The largest absolute Gasteiger partial charge is 0.380 e. The molecule has 116 valence electrons. The first-order chi connectivity index (χ1) is 9.79. The van der Waals surface area contributed by atoms with Crippen molar-refractivity contribution in [2.24, 2.45) is 11.3 Å². The third kappa shape index (κ3) is 3.71. The van der Waals surface area contributed by atoms with Gasteiger partial charge in [0.05, 0.1) is 16.7 Å². The number of non-ortho nitro benzene ring substituents is 1. The average Bonchev–Trinajstić information content (AvgIpc) is 2.40. The summed E-state index contributed by atoms with van der Waals surface area (Å²) in [6.45, 7) is 6.64. The third-order valence-electron chi connectivity index (χ3n) is 4.38. The van der Waals surface area contributed by atoms with Crippen LogP contribution in [0.2, 0.25) is 0 Å². The fourth-order valence-corrected chi connectivity index (χ4v) is 3.27. The van der Waals surface area contributed by atoms with Crippen LogP contribution in [0.1, 0.15) is 46.5 Å². The van der Waals surface area contributed by atoms with Crippen LogP contribution in [0.4, 0.5) is 15.8 Å². The Hall–Kier alpha value is -1.65. The predicted molar refractivity (Wildman–Crippen MR) is 81.9 cm³/mol. The quantitative estimate of drug-likeness (QED) is 0.646. The summed E-state index contributed by atoms with van der Waals surface area (Å²) >= 11 is 0. The van der Waals surface area contributed by atoms with E-state index in [1.807, 2.05) is 0 Å². The second-order valence-corrected chi connectivity index (χ2v) is 6.93. The normalized spacial score (nSPS) is 22.9. The molecule has 2 rings (SSSR count). The number of nitrogens with one attached hydrogen (secondary N) is 1. The first-order valence-corrected chi connectivity index (χ1v) is 7.49. The van der Waals surface area contributed by atoms with Crippen LogP contribution in [0, 0.1) is 27.3 Å². The molecule has 1 aliphatic carbocycles. The summed E-state index contributed by atoms with van der Waals surface area (Å²) < 4.78 is 14.0. The molecular weight excluding hydrogens is 271 g/mol. The third-order valence-corrected chi connectivity index (χ3v) is 4.38. The van der Waals surface area contributed by atoms with Crippen LogP contribution in [0.25, 0.3) is 0 Å². The molecule has 5 heteroatoms. The van der Waals surface area contributed by atoms with Gasteiger partial charge in [0.25, 0.3) is 5.69 Å².